The molecular formula is C12H16N4. The monoisotopic (exact) mass is 216 g/mol. The molecule has 0 amide bonds. The fourth-order valence-corrected chi connectivity index (χ4v) is 1.61. The highest BCUT2D eigenvalue weighted by Crippen LogP contribution is 2.15. The molecule has 0 aliphatic rings. The summed E-state index contributed by atoms with van der Waals surface area (Å²) in [4.78, 5) is 4.38. The maximum atomic E-state index is 6.08. The topological polar surface area (TPSA) is 67.6 Å². The summed E-state index contributed by atoms with van der Waals surface area (Å²) in [7, 11) is 0. The van der Waals surface area contributed by atoms with Gasteiger partial charge in [0.1, 0.15) is 5.82 Å². The van der Waals surface area contributed by atoms with Crippen LogP contribution in [0.4, 0.5) is 0 Å². The zero-order valence-corrected chi connectivity index (χ0v) is 9.35. The first kappa shape index (κ1) is 10.8. The van der Waals surface area contributed by atoms with Crippen molar-refractivity contribution in [3.8, 4) is 0 Å². The summed E-state index contributed by atoms with van der Waals surface area (Å²) in [5.74, 6) is 1.57. The van der Waals surface area contributed by atoms with Crippen molar-refractivity contribution in [3.05, 3.63) is 47.5 Å². The molecule has 0 unspecified atom stereocenters. The molecule has 0 spiro atoms. The summed E-state index contributed by atoms with van der Waals surface area (Å²) in [6.45, 7) is 2.11. The Morgan fingerprint density at radius 2 is 2.06 bits per heavy atom. The molecule has 0 bridgehead atoms. The number of rotatable bonds is 4. The van der Waals surface area contributed by atoms with E-state index in [1.165, 1.54) is 0 Å². The highest BCUT2D eigenvalue weighted by Gasteiger charge is 2.13. The molecule has 1 atom stereocenters. The Balaban J connectivity index is 2.17. The molecule has 0 aliphatic heterocycles. The number of aryl methyl sites for hydroxylation is 1. The van der Waals surface area contributed by atoms with E-state index in [-0.39, 0.29) is 6.04 Å². The van der Waals surface area contributed by atoms with Crippen molar-refractivity contribution in [2.75, 3.05) is 0 Å². The summed E-state index contributed by atoms with van der Waals surface area (Å²) < 4.78 is 0. The summed E-state index contributed by atoms with van der Waals surface area (Å²) in [6, 6.07) is 9.63. The van der Waals surface area contributed by atoms with Gasteiger partial charge in [0.25, 0.3) is 0 Å². The molecule has 1 heterocycles. The predicted molar refractivity (Wildman–Crippen MR) is 62.9 cm³/mol. The van der Waals surface area contributed by atoms with E-state index in [9.17, 15) is 0 Å². The summed E-state index contributed by atoms with van der Waals surface area (Å²) in [5.41, 5.74) is 7.11. The van der Waals surface area contributed by atoms with Gasteiger partial charge in [-0.05, 0) is 12.0 Å². The van der Waals surface area contributed by atoms with Crippen LogP contribution >= 0.6 is 0 Å². The van der Waals surface area contributed by atoms with Gasteiger partial charge in [-0.1, -0.05) is 37.3 Å². The fourth-order valence-electron chi connectivity index (χ4n) is 1.61. The first-order chi connectivity index (χ1) is 7.81. The van der Waals surface area contributed by atoms with Crippen LogP contribution in [0, 0.1) is 0 Å². The first-order valence-corrected chi connectivity index (χ1v) is 5.53. The van der Waals surface area contributed by atoms with Gasteiger partial charge in [0.05, 0.1) is 6.04 Å². The van der Waals surface area contributed by atoms with Crippen LogP contribution in [-0.4, -0.2) is 15.2 Å². The van der Waals surface area contributed by atoms with Crippen molar-refractivity contribution < 1.29 is 0 Å². The van der Waals surface area contributed by atoms with Gasteiger partial charge in [-0.3, -0.25) is 5.10 Å². The lowest BCUT2D eigenvalue weighted by atomic mass is 10.1. The number of H-pyrrole nitrogens is 1. The van der Waals surface area contributed by atoms with Crippen LogP contribution in [0.5, 0.6) is 0 Å². The Hall–Kier alpha value is -1.68. The molecule has 2 rings (SSSR count). The van der Waals surface area contributed by atoms with Gasteiger partial charge in [-0.25, -0.2) is 4.98 Å². The van der Waals surface area contributed by atoms with Crippen molar-refractivity contribution in [1.82, 2.24) is 15.2 Å². The smallest absolute Gasteiger partial charge is 0.171 e. The van der Waals surface area contributed by atoms with E-state index in [1.54, 1.807) is 0 Å². The average molecular weight is 216 g/mol. The van der Waals surface area contributed by atoms with E-state index in [2.05, 4.69) is 22.1 Å². The maximum Gasteiger partial charge on any atom is 0.171 e. The third-order valence-corrected chi connectivity index (χ3v) is 2.47. The second-order valence-electron chi connectivity index (χ2n) is 3.78. The second kappa shape index (κ2) is 4.90. The molecule has 84 valence electrons. The van der Waals surface area contributed by atoms with Gasteiger partial charge in [0.15, 0.2) is 5.82 Å². The quantitative estimate of drug-likeness (QED) is 0.819. The lowest BCUT2D eigenvalue weighted by Crippen LogP contribution is -2.13. The van der Waals surface area contributed by atoms with Crippen LogP contribution in [0.2, 0.25) is 0 Å². The van der Waals surface area contributed by atoms with Crippen molar-refractivity contribution >= 4 is 0 Å². The van der Waals surface area contributed by atoms with Gasteiger partial charge in [0, 0.05) is 6.42 Å². The molecule has 1 aromatic carbocycles. The van der Waals surface area contributed by atoms with Gasteiger partial charge in [0.2, 0.25) is 0 Å². The minimum atomic E-state index is -0.247. The lowest BCUT2D eigenvalue weighted by Gasteiger charge is -2.06. The Morgan fingerprint density at radius 1 is 1.31 bits per heavy atom. The zero-order valence-electron chi connectivity index (χ0n) is 9.35. The molecule has 4 nitrogen and oxygen atoms in total. The fraction of sp³-hybridized carbons (Fsp3) is 0.333. The van der Waals surface area contributed by atoms with Crippen molar-refractivity contribution in [3.63, 3.8) is 0 Å². The summed E-state index contributed by atoms with van der Waals surface area (Å²) in [6.07, 6.45) is 1.96. The summed E-state index contributed by atoms with van der Waals surface area (Å²) >= 11 is 0. The largest absolute Gasteiger partial charge is 0.318 e. The normalized spacial score (nSPS) is 12.6. The second-order valence-corrected chi connectivity index (χ2v) is 3.78. The Labute approximate surface area is 94.9 Å². The lowest BCUT2D eigenvalue weighted by molar-refractivity contribution is 0.786. The van der Waals surface area contributed by atoms with Crippen LogP contribution < -0.4 is 5.73 Å². The van der Waals surface area contributed by atoms with Gasteiger partial charge >= 0.3 is 0 Å². The SMILES string of the molecule is CCCc1nc([C@H](N)c2ccccc2)n[nH]1. The maximum absolute atomic E-state index is 6.08. The van der Waals surface area contributed by atoms with Crippen molar-refractivity contribution in [2.45, 2.75) is 25.8 Å². The van der Waals surface area contributed by atoms with Crippen LogP contribution in [0.1, 0.15) is 36.6 Å². The third-order valence-electron chi connectivity index (χ3n) is 2.47. The number of aromatic nitrogens is 3. The van der Waals surface area contributed by atoms with Crippen LogP contribution in [-0.2, 0) is 6.42 Å². The van der Waals surface area contributed by atoms with Crippen LogP contribution in [0.3, 0.4) is 0 Å². The van der Waals surface area contributed by atoms with E-state index in [0.29, 0.717) is 5.82 Å². The van der Waals surface area contributed by atoms with Crippen molar-refractivity contribution in [1.29, 1.82) is 0 Å². The number of nitrogens with zero attached hydrogens (tertiary/aromatic N) is 2. The van der Waals surface area contributed by atoms with E-state index in [0.717, 1.165) is 24.2 Å². The van der Waals surface area contributed by atoms with E-state index in [1.807, 2.05) is 30.3 Å². The molecule has 4 heteroatoms. The number of hydrogen-bond acceptors (Lipinski definition) is 3. The van der Waals surface area contributed by atoms with Gasteiger partial charge < -0.3 is 5.73 Å². The molecule has 16 heavy (non-hydrogen) atoms. The number of benzene rings is 1. The highest BCUT2D eigenvalue weighted by atomic mass is 15.2. The molecular weight excluding hydrogens is 200 g/mol. The van der Waals surface area contributed by atoms with Crippen molar-refractivity contribution in [2.24, 2.45) is 5.73 Å². The highest BCUT2D eigenvalue weighted by molar-refractivity contribution is 5.23. The Morgan fingerprint density at radius 3 is 2.75 bits per heavy atom. The van der Waals surface area contributed by atoms with Gasteiger partial charge in [-0.2, -0.15) is 5.10 Å². The molecule has 1 aromatic heterocycles. The number of aromatic amines is 1. The standard InChI is InChI=1S/C12H16N4/c1-2-6-10-14-12(16-15-10)11(13)9-7-4-3-5-8-9/h3-5,7-8,11H,2,6,13H2,1H3,(H,14,15,16)/t11-/m1/s1. The molecule has 0 saturated heterocycles. The molecule has 2 aromatic rings. The molecule has 0 fully saturated rings. The van der Waals surface area contributed by atoms with Crippen LogP contribution in [0.15, 0.2) is 30.3 Å². The minimum absolute atomic E-state index is 0.247. The molecule has 3 N–H and O–H groups in total. The average Bonchev–Trinajstić information content (AvgIpc) is 2.78. The zero-order chi connectivity index (χ0) is 11.4. The van der Waals surface area contributed by atoms with Gasteiger partial charge in [-0.15, -0.1) is 0 Å². The number of nitrogens with two attached hydrogens (primary N) is 1. The Kier molecular flexibility index (Phi) is 3.31. The number of hydrogen-bond donors (Lipinski definition) is 2. The summed E-state index contributed by atoms with van der Waals surface area (Å²) in [5, 5.41) is 7.07. The minimum Gasteiger partial charge on any atom is -0.318 e. The number of nitrogens with one attached hydrogen (secondary N) is 1. The van der Waals surface area contributed by atoms with E-state index < -0.39 is 0 Å². The van der Waals surface area contributed by atoms with Crippen LogP contribution in [0.25, 0.3) is 0 Å². The predicted octanol–water partition coefficient (Wildman–Crippen LogP) is 1.81. The van der Waals surface area contributed by atoms with E-state index in [4.69, 9.17) is 5.73 Å². The first-order valence-electron chi connectivity index (χ1n) is 5.53. The molecule has 0 aliphatic carbocycles. The third kappa shape index (κ3) is 2.28. The molecule has 0 saturated carbocycles. The Bertz CT molecular complexity index is 435. The van der Waals surface area contributed by atoms with E-state index >= 15 is 0 Å². The molecule has 0 radical (unpaired) electrons.